The van der Waals surface area contributed by atoms with Crippen molar-refractivity contribution in [2.45, 2.75) is 26.2 Å². The van der Waals surface area contributed by atoms with Crippen molar-refractivity contribution in [1.82, 2.24) is 5.32 Å². The van der Waals surface area contributed by atoms with Crippen LogP contribution in [0.2, 0.25) is 0 Å². The van der Waals surface area contributed by atoms with Gasteiger partial charge in [-0.05, 0) is 43.7 Å². The van der Waals surface area contributed by atoms with Gasteiger partial charge in [-0.25, -0.2) is 0 Å². The van der Waals surface area contributed by atoms with Gasteiger partial charge in [0.15, 0.2) is 0 Å². The smallest absolute Gasteiger partial charge is 0.251 e. The number of carbonyl (C=O) groups is 1. The summed E-state index contributed by atoms with van der Waals surface area (Å²) in [5, 5.41) is 3.01. The summed E-state index contributed by atoms with van der Waals surface area (Å²) < 4.78 is 0. The summed E-state index contributed by atoms with van der Waals surface area (Å²) in [7, 11) is 0. The van der Waals surface area contributed by atoms with Crippen LogP contribution in [-0.2, 0) is 0 Å². The molecule has 0 radical (unpaired) electrons. The molecule has 0 saturated heterocycles. The highest BCUT2D eigenvalue weighted by atomic mass is 35.5. The van der Waals surface area contributed by atoms with Crippen molar-refractivity contribution < 1.29 is 4.79 Å². The molecule has 1 aromatic carbocycles. The topological polar surface area (TPSA) is 29.1 Å². The molecule has 17 heavy (non-hydrogen) atoms. The van der Waals surface area contributed by atoms with Crippen LogP contribution in [-0.4, -0.2) is 18.3 Å². The first-order valence-electron chi connectivity index (χ1n) is 6.06. The predicted molar refractivity (Wildman–Crippen MR) is 70.5 cm³/mol. The molecule has 1 saturated carbocycles. The zero-order chi connectivity index (χ0) is 12.3. The van der Waals surface area contributed by atoms with E-state index in [-0.39, 0.29) is 5.91 Å². The molecule has 1 aliphatic rings. The van der Waals surface area contributed by atoms with Crippen molar-refractivity contribution in [1.29, 1.82) is 0 Å². The Morgan fingerprint density at radius 1 is 1.35 bits per heavy atom. The number of hydrogen-bond acceptors (Lipinski definition) is 1. The van der Waals surface area contributed by atoms with Gasteiger partial charge in [0.1, 0.15) is 0 Å². The van der Waals surface area contributed by atoms with Gasteiger partial charge >= 0.3 is 0 Å². The van der Waals surface area contributed by atoms with Gasteiger partial charge in [-0.2, -0.15) is 0 Å². The van der Waals surface area contributed by atoms with Crippen LogP contribution < -0.4 is 5.32 Å². The fourth-order valence-electron chi connectivity index (χ4n) is 1.97. The molecule has 1 aromatic rings. The van der Waals surface area contributed by atoms with E-state index in [1.54, 1.807) is 0 Å². The number of nitrogens with one attached hydrogen (secondary N) is 1. The summed E-state index contributed by atoms with van der Waals surface area (Å²) in [6.07, 6.45) is 3.38. The third-order valence-electron chi connectivity index (χ3n) is 3.52. The highest BCUT2D eigenvalue weighted by Crippen LogP contribution is 2.48. The largest absolute Gasteiger partial charge is 0.351 e. The molecule has 0 atom stereocenters. The Hall–Kier alpha value is -1.02. The Morgan fingerprint density at radius 2 is 2.00 bits per heavy atom. The van der Waals surface area contributed by atoms with E-state index in [1.807, 2.05) is 31.2 Å². The maximum atomic E-state index is 11.9. The summed E-state index contributed by atoms with van der Waals surface area (Å²) in [4.78, 5) is 11.9. The average molecular weight is 252 g/mol. The highest BCUT2D eigenvalue weighted by Gasteiger charge is 2.41. The number of amides is 1. The first-order valence-corrected chi connectivity index (χ1v) is 6.60. The number of aryl methyl sites for hydroxylation is 1. The number of alkyl halides is 1. The number of carbonyl (C=O) groups excluding carboxylic acids is 1. The zero-order valence-electron chi connectivity index (χ0n) is 10.1. The van der Waals surface area contributed by atoms with E-state index in [0.717, 1.165) is 18.5 Å². The Morgan fingerprint density at radius 3 is 2.53 bits per heavy atom. The van der Waals surface area contributed by atoms with Gasteiger partial charge in [0.25, 0.3) is 5.91 Å². The monoisotopic (exact) mass is 251 g/mol. The molecule has 0 bridgehead atoms. The van der Waals surface area contributed by atoms with Crippen LogP contribution in [0.3, 0.4) is 0 Å². The maximum Gasteiger partial charge on any atom is 0.251 e. The third-order valence-corrected chi connectivity index (χ3v) is 3.71. The molecule has 1 N–H and O–H groups in total. The van der Waals surface area contributed by atoms with Crippen molar-refractivity contribution in [2.24, 2.45) is 5.41 Å². The lowest BCUT2D eigenvalue weighted by molar-refractivity contribution is 0.0944. The van der Waals surface area contributed by atoms with Gasteiger partial charge in [-0.15, -0.1) is 11.6 Å². The molecule has 92 valence electrons. The van der Waals surface area contributed by atoms with Crippen molar-refractivity contribution in [3.63, 3.8) is 0 Å². The van der Waals surface area contributed by atoms with Crippen LogP contribution in [0.5, 0.6) is 0 Å². The van der Waals surface area contributed by atoms with E-state index < -0.39 is 0 Å². The third kappa shape index (κ3) is 3.22. The minimum absolute atomic E-state index is 0.0193. The van der Waals surface area contributed by atoms with Gasteiger partial charge in [0, 0.05) is 18.0 Å². The lowest BCUT2D eigenvalue weighted by atomic mass is 10.0. The Labute approximate surface area is 107 Å². The molecule has 1 fully saturated rings. The van der Waals surface area contributed by atoms with Gasteiger partial charge in [0.05, 0.1) is 0 Å². The lowest BCUT2D eigenvalue weighted by Crippen LogP contribution is -2.30. The molecule has 3 heteroatoms. The number of halogens is 1. The van der Waals surface area contributed by atoms with Crippen LogP contribution in [0.4, 0.5) is 0 Å². The molecule has 0 spiro atoms. The fourth-order valence-corrected chi connectivity index (χ4v) is 2.37. The lowest BCUT2D eigenvalue weighted by Gasteiger charge is -2.14. The molecule has 0 aliphatic heterocycles. The minimum Gasteiger partial charge on any atom is -0.351 e. The van der Waals surface area contributed by atoms with Crippen LogP contribution in [0.25, 0.3) is 0 Å². The van der Waals surface area contributed by atoms with E-state index in [1.165, 1.54) is 18.4 Å². The molecule has 0 heterocycles. The van der Waals surface area contributed by atoms with Crippen molar-refractivity contribution in [3.8, 4) is 0 Å². The predicted octanol–water partition coefficient (Wildman–Crippen LogP) is 3.13. The Bertz CT molecular complexity index is 395. The molecule has 2 nitrogen and oxygen atoms in total. The van der Waals surface area contributed by atoms with Crippen molar-refractivity contribution in [2.75, 3.05) is 12.4 Å². The summed E-state index contributed by atoms with van der Waals surface area (Å²) >= 11 is 5.76. The summed E-state index contributed by atoms with van der Waals surface area (Å²) in [6.45, 7) is 2.77. The van der Waals surface area contributed by atoms with Gasteiger partial charge < -0.3 is 5.32 Å². The molecule has 2 rings (SSSR count). The number of hydrogen-bond donors (Lipinski definition) is 1. The normalized spacial score (nSPS) is 16.6. The SMILES string of the molecule is Cc1ccc(C(=O)NCC2(CCCl)CC2)cc1. The molecular weight excluding hydrogens is 234 g/mol. The highest BCUT2D eigenvalue weighted by molar-refractivity contribution is 6.17. The van der Waals surface area contributed by atoms with E-state index in [9.17, 15) is 4.79 Å². The zero-order valence-corrected chi connectivity index (χ0v) is 10.9. The summed E-state index contributed by atoms with van der Waals surface area (Å²) in [5.41, 5.74) is 2.20. The van der Waals surface area contributed by atoms with Crippen molar-refractivity contribution in [3.05, 3.63) is 35.4 Å². The van der Waals surface area contributed by atoms with E-state index >= 15 is 0 Å². The second-order valence-electron chi connectivity index (χ2n) is 4.99. The van der Waals surface area contributed by atoms with Gasteiger partial charge in [-0.3, -0.25) is 4.79 Å². The van der Waals surface area contributed by atoms with E-state index in [2.05, 4.69) is 5.32 Å². The Balaban J connectivity index is 1.87. The van der Waals surface area contributed by atoms with E-state index in [0.29, 0.717) is 11.3 Å². The molecular formula is C14H18ClNO. The summed E-state index contributed by atoms with van der Waals surface area (Å²) in [6, 6.07) is 7.65. The van der Waals surface area contributed by atoms with Crippen LogP contribution in [0.1, 0.15) is 35.2 Å². The maximum absolute atomic E-state index is 11.9. The minimum atomic E-state index is 0.0193. The second kappa shape index (κ2) is 5.09. The summed E-state index contributed by atoms with van der Waals surface area (Å²) in [5.74, 6) is 0.700. The van der Waals surface area contributed by atoms with Crippen LogP contribution in [0, 0.1) is 12.3 Å². The average Bonchev–Trinajstić information content (AvgIpc) is 3.08. The van der Waals surface area contributed by atoms with E-state index in [4.69, 9.17) is 11.6 Å². The van der Waals surface area contributed by atoms with Crippen LogP contribution >= 0.6 is 11.6 Å². The van der Waals surface area contributed by atoms with Crippen LogP contribution in [0.15, 0.2) is 24.3 Å². The number of rotatable bonds is 5. The molecule has 1 aliphatic carbocycles. The standard InChI is InChI=1S/C14H18ClNO/c1-11-2-4-12(5-3-11)13(17)16-10-14(6-7-14)8-9-15/h2-5H,6-10H2,1H3,(H,16,17). The fraction of sp³-hybridized carbons (Fsp3) is 0.500. The first-order chi connectivity index (χ1) is 8.15. The van der Waals surface area contributed by atoms with Gasteiger partial charge in [-0.1, -0.05) is 17.7 Å². The first kappa shape index (κ1) is 12.4. The second-order valence-corrected chi connectivity index (χ2v) is 5.37. The van der Waals surface area contributed by atoms with Gasteiger partial charge in [0.2, 0.25) is 0 Å². The molecule has 0 unspecified atom stereocenters. The Kier molecular flexibility index (Phi) is 3.72. The molecule has 0 aromatic heterocycles. The quantitative estimate of drug-likeness (QED) is 0.801. The van der Waals surface area contributed by atoms with Crippen molar-refractivity contribution >= 4 is 17.5 Å². The number of benzene rings is 1. The molecule has 1 amide bonds.